The predicted molar refractivity (Wildman–Crippen MR) is 44.6 cm³/mol. The maximum absolute atomic E-state index is 11.2. The van der Waals surface area contributed by atoms with Crippen molar-refractivity contribution in [1.29, 1.82) is 0 Å². The summed E-state index contributed by atoms with van der Waals surface area (Å²) >= 11 is 0. The number of pyridine rings is 1. The van der Waals surface area contributed by atoms with Gasteiger partial charge in [-0.1, -0.05) is 0 Å². The Labute approximate surface area is 69.8 Å². The van der Waals surface area contributed by atoms with E-state index in [0.29, 0.717) is 17.9 Å². The number of nitrogens with one attached hydrogen (secondary N) is 1. The van der Waals surface area contributed by atoms with Crippen molar-refractivity contribution >= 4 is 11.7 Å². The van der Waals surface area contributed by atoms with Crippen LogP contribution in [-0.2, 0) is 6.54 Å². The molecule has 0 bridgehead atoms. The minimum Gasteiger partial charge on any atom is -0.383 e. The smallest absolute Gasteiger partial charge is 0.255 e. The van der Waals surface area contributed by atoms with E-state index in [4.69, 9.17) is 5.73 Å². The summed E-state index contributed by atoms with van der Waals surface area (Å²) in [7, 11) is 0. The number of nitrogens with zero attached hydrogens (tertiary/aromatic N) is 1. The number of hydrogen-bond acceptors (Lipinski definition) is 3. The summed E-state index contributed by atoms with van der Waals surface area (Å²) in [4.78, 5) is 15.2. The molecule has 2 heterocycles. The average molecular weight is 163 g/mol. The van der Waals surface area contributed by atoms with Gasteiger partial charge < -0.3 is 11.1 Å². The lowest BCUT2D eigenvalue weighted by molar-refractivity contribution is 0.0966. The Morgan fingerprint density at radius 2 is 2.42 bits per heavy atom. The van der Waals surface area contributed by atoms with Crippen LogP contribution in [-0.4, -0.2) is 10.9 Å². The number of aromatic nitrogens is 1. The van der Waals surface area contributed by atoms with Gasteiger partial charge in [-0.2, -0.15) is 0 Å². The minimum absolute atomic E-state index is 0.116. The first-order valence-electron chi connectivity index (χ1n) is 3.72. The molecule has 0 spiro atoms. The van der Waals surface area contributed by atoms with Gasteiger partial charge in [0.2, 0.25) is 0 Å². The average Bonchev–Trinajstić information content (AvgIpc) is 2.31. The molecule has 0 aromatic carbocycles. The molecule has 1 aromatic rings. The van der Waals surface area contributed by atoms with E-state index >= 15 is 0 Å². The molecule has 1 aliphatic rings. The van der Waals surface area contributed by atoms with Crippen molar-refractivity contribution in [2.24, 2.45) is 0 Å². The Balaban J connectivity index is 2.68. The Morgan fingerprint density at radius 1 is 1.67 bits per heavy atom. The van der Waals surface area contributed by atoms with Gasteiger partial charge in [-0.15, -0.1) is 0 Å². The molecule has 1 aliphatic heterocycles. The highest BCUT2D eigenvalue weighted by Gasteiger charge is 2.22. The fourth-order valence-corrected chi connectivity index (χ4v) is 1.43. The molecule has 0 unspecified atom stereocenters. The molecule has 3 N–H and O–H groups in total. The van der Waals surface area contributed by atoms with Gasteiger partial charge in [0.25, 0.3) is 5.91 Å². The van der Waals surface area contributed by atoms with Gasteiger partial charge in [-0.25, -0.2) is 4.98 Å². The van der Waals surface area contributed by atoms with Crippen molar-refractivity contribution in [2.45, 2.75) is 13.5 Å². The molecule has 0 saturated carbocycles. The molecule has 1 aromatic heterocycles. The molecule has 62 valence electrons. The van der Waals surface area contributed by atoms with Crippen LogP contribution in [0.5, 0.6) is 0 Å². The Hall–Kier alpha value is -1.58. The van der Waals surface area contributed by atoms with E-state index in [1.54, 1.807) is 0 Å². The van der Waals surface area contributed by atoms with E-state index in [1.807, 2.05) is 13.0 Å². The Morgan fingerprint density at radius 3 is 3.17 bits per heavy atom. The number of nitrogen functional groups attached to an aromatic ring is 1. The van der Waals surface area contributed by atoms with E-state index in [9.17, 15) is 4.79 Å². The third-order valence-corrected chi connectivity index (χ3v) is 1.92. The zero-order chi connectivity index (χ0) is 8.72. The standard InChI is InChI=1S/C8H9N3O/c1-4-2-5-3-10-8(12)6(5)7(9)11-4/h2H,3H2,1H3,(H2,9,11)(H,10,12). The second-order valence-electron chi connectivity index (χ2n) is 2.87. The van der Waals surface area contributed by atoms with Gasteiger partial charge in [-0.05, 0) is 18.6 Å². The molecule has 0 saturated heterocycles. The van der Waals surface area contributed by atoms with Gasteiger partial charge in [0, 0.05) is 12.2 Å². The van der Waals surface area contributed by atoms with Crippen LogP contribution in [0.25, 0.3) is 0 Å². The highest BCUT2D eigenvalue weighted by Crippen LogP contribution is 2.20. The largest absolute Gasteiger partial charge is 0.383 e. The maximum atomic E-state index is 11.2. The predicted octanol–water partition coefficient (Wildman–Crippen LogP) is 0.216. The first-order chi connectivity index (χ1) is 5.68. The number of nitrogens with two attached hydrogens (primary N) is 1. The van der Waals surface area contributed by atoms with Gasteiger partial charge in [0.15, 0.2) is 0 Å². The summed E-state index contributed by atoms with van der Waals surface area (Å²) in [6.07, 6.45) is 0. The molecule has 4 heteroatoms. The van der Waals surface area contributed by atoms with Crippen LogP contribution in [0, 0.1) is 6.92 Å². The first kappa shape index (κ1) is 7.09. The first-order valence-corrected chi connectivity index (χ1v) is 3.72. The number of amides is 1. The summed E-state index contributed by atoms with van der Waals surface area (Å²) < 4.78 is 0. The van der Waals surface area contributed by atoms with Crippen molar-refractivity contribution < 1.29 is 4.79 Å². The van der Waals surface area contributed by atoms with Crippen LogP contribution in [0.1, 0.15) is 21.6 Å². The van der Waals surface area contributed by atoms with Crippen molar-refractivity contribution in [3.63, 3.8) is 0 Å². The normalized spacial score (nSPS) is 14.2. The molecule has 0 fully saturated rings. The lowest BCUT2D eigenvalue weighted by atomic mass is 10.1. The molecule has 2 rings (SSSR count). The van der Waals surface area contributed by atoms with Crippen molar-refractivity contribution in [2.75, 3.05) is 5.73 Å². The number of carbonyl (C=O) groups is 1. The molecule has 4 nitrogen and oxygen atoms in total. The van der Waals surface area contributed by atoms with Crippen molar-refractivity contribution in [3.05, 3.63) is 22.9 Å². The highest BCUT2D eigenvalue weighted by atomic mass is 16.1. The Bertz CT molecular complexity index is 360. The van der Waals surface area contributed by atoms with E-state index in [0.717, 1.165) is 11.3 Å². The highest BCUT2D eigenvalue weighted by molar-refractivity contribution is 6.02. The summed E-state index contributed by atoms with van der Waals surface area (Å²) in [5.74, 6) is 0.218. The molecular formula is C8H9N3O. The second-order valence-corrected chi connectivity index (χ2v) is 2.87. The monoisotopic (exact) mass is 163 g/mol. The third-order valence-electron chi connectivity index (χ3n) is 1.92. The lowest BCUT2D eigenvalue weighted by Crippen LogP contribution is -2.14. The fraction of sp³-hybridized carbons (Fsp3) is 0.250. The van der Waals surface area contributed by atoms with Gasteiger partial charge >= 0.3 is 0 Å². The van der Waals surface area contributed by atoms with E-state index in [2.05, 4.69) is 10.3 Å². The molecule has 12 heavy (non-hydrogen) atoms. The van der Waals surface area contributed by atoms with E-state index in [-0.39, 0.29) is 5.91 Å². The summed E-state index contributed by atoms with van der Waals surface area (Å²) in [6.45, 7) is 2.43. The number of anilines is 1. The number of fused-ring (bicyclic) bond motifs is 1. The molecule has 0 aliphatic carbocycles. The number of aryl methyl sites for hydroxylation is 1. The van der Waals surface area contributed by atoms with Crippen LogP contribution in [0.15, 0.2) is 6.07 Å². The van der Waals surface area contributed by atoms with Crippen LogP contribution < -0.4 is 11.1 Å². The SMILES string of the molecule is Cc1cc2c(c(N)n1)C(=O)NC2. The minimum atomic E-state index is -0.116. The van der Waals surface area contributed by atoms with Crippen LogP contribution >= 0.6 is 0 Å². The second kappa shape index (κ2) is 2.20. The number of rotatable bonds is 0. The summed E-state index contributed by atoms with van der Waals surface area (Å²) in [5, 5.41) is 2.69. The van der Waals surface area contributed by atoms with Crippen molar-refractivity contribution in [1.82, 2.24) is 10.3 Å². The molecular weight excluding hydrogens is 154 g/mol. The molecule has 1 amide bonds. The van der Waals surface area contributed by atoms with Crippen LogP contribution in [0.4, 0.5) is 5.82 Å². The zero-order valence-electron chi connectivity index (χ0n) is 6.72. The third kappa shape index (κ3) is 0.845. The maximum Gasteiger partial charge on any atom is 0.255 e. The van der Waals surface area contributed by atoms with Crippen LogP contribution in [0.2, 0.25) is 0 Å². The molecule has 0 radical (unpaired) electrons. The van der Waals surface area contributed by atoms with Gasteiger partial charge in [0.05, 0.1) is 5.56 Å². The molecule has 0 atom stereocenters. The van der Waals surface area contributed by atoms with Crippen LogP contribution in [0.3, 0.4) is 0 Å². The van der Waals surface area contributed by atoms with Gasteiger partial charge in [-0.3, -0.25) is 4.79 Å². The van der Waals surface area contributed by atoms with E-state index in [1.165, 1.54) is 0 Å². The fourth-order valence-electron chi connectivity index (χ4n) is 1.43. The Kier molecular flexibility index (Phi) is 1.30. The van der Waals surface area contributed by atoms with Crippen molar-refractivity contribution in [3.8, 4) is 0 Å². The zero-order valence-corrected chi connectivity index (χ0v) is 6.72. The van der Waals surface area contributed by atoms with Gasteiger partial charge in [0.1, 0.15) is 5.82 Å². The summed E-state index contributed by atoms with van der Waals surface area (Å²) in [6, 6.07) is 1.88. The summed E-state index contributed by atoms with van der Waals surface area (Å²) in [5.41, 5.74) is 7.93. The van der Waals surface area contributed by atoms with E-state index < -0.39 is 0 Å². The quantitative estimate of drug-likeness (QED) is 0.574. The lowest BCUT2D eigenvalue weighted by Gasteiger charge is -2.00. The topological polar surface area (TPSA) is 68.0 Å². The number of carbonyl (C=O) groups excluding carboxylic acids is 1. The number of hydrogen-bond donors (Lipinski definition) is 2.